The number of hydrogen-bond donors (Lipinski definition) is 1. The molecule has 0 bridgehead atoms. The summed E-state index contributed by atoms with van der Waals surface area (Å²) in [5, 5.41) is 3.68. The predicted octanol–water partition coefficient (Wildman–Crippen LogP) is 6.18. The minimum Gasteiger partial charge on any atom is -0.481 e. The van der Waals surface area contributed by atoms with Crippen LogP contribution in [0, 0.1) is 6.92 Å². The van der Waals surface area contributed by atoms with Crippen LogP contribution in [0.25, 0.3) is 22.0 Å². The molecule has 1 N–H and O–H groups in total. The number of alkyl carbamates (subject to hydrolysis) is 1. The molecule has 1 aliphatic heterocycles. The Morgan fingerprint density at radius 3 is 2.47 bits per heavy atom. The summed E-state index contributed by atoms with van der Waals surface area (Å²) in [6.45, 7) is 7.01. The minimum atomic E-state index is -0.369. The quantitative estimate of drug-likeness (QED) is 0.328. The number of rotatable bonds is 6. The van der Waals surface area contributed by atoms with E-state index in [0.717, 1.165) is 52.1 Å². The van der Waals surface area contributed by atoms with Crippen LogP contribution in [0.5, 0.6) is 5.88 Å². The van der Waals surface area contributed by atoms with Gasteiger partial charge in [0, 0.05) is 44.3 Å². The topological polar surface area (TPSA) is 89.5 Å². The summed E-state index contributed by atoms with van der Waals surface area (Å²) in [4.78, 5) is 26.7. The third-order valence-corrected chi connectivity index (χ3v) is 6.38. The summed E-state index contributed by atoms with van der Waals surface area (Å²) in [6, 6.07) is 17.9. The lowest BCUT2D eigenvalue weighted by atomic mass is 10.0. The Hall–Kier alpha value is -4.20. The molecule has 8 heteroatoms. The summed E-state index contributed by atoms with van der Waals surface area (Å²) in [6.07, 6.45) is 6.93. The Bertz CT molecular complexity index is 1330. The van der Waals surface area contributed by atoms with Crippen molar-refractivity contribution in [2.45, 2.75) is 39.7 Å². The molecule has 0 spiro atoms. The van der Waals surface area contributed by atoms with Gasteiger partial charge in [-0.15, -0.1) is 0 Å². The Morgan fingerprint density at radius 1 is 1.00 bits per heavy atom. The largest absolute Gasteiger partial charge is 0.481 e. The first kappa shape index (κ1) is 26.9. The van der Waals surface area contributed by atoms with Crippen molar-refractivity contribution in [3.05, 3.63) is 78.2 Å². The van der Waals surface area contributed by atoms with Crippen molar-refractivity contribution in [1.82, 2.24) is 20.3 Å². The van der Waals surface area contributed by atoms with E-state index in [1.165, 1.54) is 19.3 Å². The van der Waals surface area contributed by atoms with Gasteiger partial charge in [0.15, 0.2) is 0 Å². The SMILES string of the molecule is CCNC(=O)OCc1ccccc1.COc1ccc(-c2cc(C)c3ncnc(N4CCCCC4)c3c2)cn1.[HH]. The zero-order chi connectivity index (χ0) is 26.7. The van der Waals surface area contributed by atoms with Gasteiger partial charge in [-0.1, -0.05) is 30.3 Å². The number of nitrogens with zero attached hydrogens (tertiary/aromatic N) is 4. The van der Waals surface area contributed by atoms with Gasteiger partial charge >= 0.3 is 6.09 Å². The van der Waals surface area contributed by atoms with E-state index >= 15 is 0 Å². The summed E-state index contributed by atoms with van der Waals surface area (Å²) in [7, 11) is 1.63. The maximum Gasteiger partial charge on any atom is 0.407 e. The van der Waals surface area contributed by atoms with Crippen LogP contribution in [0.4, 0.5) is 10.6 Å². The van der Waals surface area contributed by atoms with Gasteiger partial charge in [-0.3, -0.25) is 0 Å². The molecule has 3 heterocycles. The number of amides is 1. The fraction of sp³-hybridized carbons (Fsp3) is 0.333. The van der Waals surface area contributed by atoms with Gasteiger partial charge in [0.05, 0.1) is 12.6 Å². The summed E-state index contributed by atoms with van der Waals surface area (Å²) in [5.74, 6) is 1.68. The van der Waals surface area contributed by atoms with E-state index in [1.807, 2.05) is 55.6 Å². The van der Waals surface area contributed by atoms with Crippen molar-refractivity contribution >= 4 is 22.8 Å². The number of carbonyl (C=O) groups is 1. The van der Waals surface area contributed by atoms with Crippen LogP contribution in [0.3, 0.4) is 0 Å². The molecule has 0 aliphatic carbocycles. The van der Waals surface area contributed by atoms with E-state index in [9.17, 15) is 4.79 Å². The standard InChI is InChI=1S/C20H22N4O.C10H13NO2.H2/c1-14-10-16(15-6-7-18(25-2)21-12-15)11-17-19(14)22-13-23-20(17)24-8-4-3-5-9-24;1-2-11-10(12)13-8-9-6-4-3-5-7-9;/h6-7,10-13H,3-5,8-9H2,1-2H3;3-7H,2,8H2,1H3,(H,11,12);1H. The van der Waals surface area contributed by atoms with Gasteiger partial charge in [0.1, 0.15) is 18.8 Å². The Balaban J connectivity index is 0.000000256. The highest BCUT2D eigenvalue weighted by Crippen LogP contribution is 2.32. The van der Waals surface area contributed by atoms with Crippen LogP contribution in [0.15, 0.2) is 67.1 Å². The van der Waals surface area contributed by atoms with Crippen molar-refractivity contribution in [2.24, 2.45) is 0 Å². The lowest BCUT2D eigenvalue weighted by Gasteiger charge is -2.28. The number of piperidine rings is 1. The van der Waals surface area contributed by atoms with E-state index < -0.39 is 0 Å². The van der Waals surface area contributed by atoms with Crippen molar-refractivity contribution in [3.63, 3.8) is 0 Å². The number of nitrogens with one attached hydrogen (secondary N) is 1. The van der Waals surface area contributed by atoms with Crippen molar-refractivity contribution in [3.8, 4) is 17.0 Å². The number of carbonyl (C=O) groups excluding carboxylic acids is 1. The molecule has 0 unspecified atom stereocenters. The minimum absolute atomic E-state index is 0. The average molecular weight is 516 g/mol. The molecule has 5 rings (SSSR count). The molecule has 0 radical (unpaired) electrons. The fourth-order valence-corrected chi connectivity index (χ4v) is 4.45. The van der Waals surface area contributed by atoms with Gasteiger partial charge in [0.25, 0.3) is 0 Å². The van der Waals surface area contributed by atoms with Gasteiger partial charge in [-0.2, -0.15) is 0 Å². The molecule has 1 aliphatic rings. The molecule has 0 saturated carbocycles. The third-order valence-electron chi connectivity index (χ3n) is 6.38. The van der Waals surface area contributed by atoms with E-state index in [0.29, 0.717) is 19.0 Å². The van der Waals surface area contributed by atoms with Crippen LogP contribution in [0.1, 0.15) is 38.7 Å². The van der Waals surface area contributed by atoms with Crippen molar-refractivity contribution in [1.29, 1.82) is 0 Å². The first-order valence-electron chi connectivity index (χ1n) is 13.0. The van der Waals surface area contributed by atoms with E-state index in [4.69, 9.17) is 9.47 Å². The second kappa shape index (κ2) is 13.4. The molecule has 2 aromatic heterocycles. The van der Waals surface area contributed by atoms with Gasteiger partial charge in [-0.05, 0) is 68.0 Å². The normalized spacial score (nSPS) is 12.9. The number of aryl methyl sites for hydroxylation is 1. The summed E-state index contributed by atoms with van der Waals surface area (Å²) >= 11 is 0. The molecule has 4 aromatic rings. The smallest absolute Gasteiger partial charge is 0.407 e. The highest BCUT2D eigenvalue weighted by molar-refractivity contribution is 5.95. The molecule has 200 valence electrons. The highest BCUT2D eigenvalue weighted by Gasteiger charge is 2.17. The van der Waals surface area contributed by atoms with Crippen molar-refractivity contribution in [2.75, 3.05) is 31.6 Å². The fourth-order valence-electron chi connectivity index (χ4n) is 4.45. The van der Waals surface area contributed by atoms with Gasteiger partial charge in [0.2, 0.25) is 5.88 Å². The number of hydrogen-bond acceptors (Lipinski definition) is 7. The van der Waals surface area contributed by atoms with Crippen LogP contribution >= 0.6 is 0 Å². The Kier molecular flexibility index (Phi) is 9.45. The maximum absolute atomic E-state index is 10.9. The zero-order valence-electron chi connectivity index (χ0n) is 22.3. The van der Waals surface area contributed by atoms with Gasteiger partial charge in [-0.25, -0.2) is 19.7 Å². The first-order chi connectivity index (χ1) is 18.6. The predicted molar refractivity (Wildman–Crippen MR) is 153 cm³/mol. The van der Waals surface area contributed by atoms with E-state index in [-0.39, 0.29) is 7.52 Å². The second-order valence-corrected chi connectivity index (χ2v) is 9.12. The average Bonchev–Trinajstić information content (AvgIpc) is 2.97. The third kappa shape index (κ3) is 6.97. The highest BCUT2D eigenvalue weighted by atomic mass is 16.5. The van der Waals surface area contributed by atoms with Crippen LogP contribution < -0.4 is 15.0 Å². The van der Waals surface area contributed by atoms with Crippen LogP contribution in [-0.2, 0) is 11.3 Å². The molecule has 38 heavy (non-hydrogen) atoms. The molecule has 1 amide bonds. The first-order valence-corrected chi connectivity index (χ1v) is 13.0. The number of methoxy groups -OCH3 is 1. The van der Waals surface area contributed by atoms with Crippen LogP contribution in [-0.4, -0.2) is 47.8 Å². The molecule has 8 nitrogen and oxygen atoms in total. The number of ether oxygens (including phenoxy) is 2. The number of aromatic nitrogens is 3. The molecular formula is C30H37N5O3. The number of pyridine rings is 1. The monoisotopic (exact) mass is 515 g/mol. The zero-order valence-corrected chi connectivity index (χ0v) is 22.3. The number of anilines is 1. The van der Waals surface area contributed by atoms with E-state index in [1.54, 1.807) is 13.4 Å². The van der Waals surface area contributed by atoms with Crippen LogP contribution in [0.2, 0.25) is 0 Å². The van der Waals surface area contributed by atoms with E-state index in [2.05, 4.69) is 44.2 Å². The molecule has 0 atom stereocenters. The lowest BCUT2D eigenvalue weighted by Crippen LogP contribution is -2.30. The molecule has 1 fully saturated rings. The second-order valence-electron chi connectivity index (χ2n) is 9.12. The molecule has 2 aromatic carbocycles. The Morgan fingerprint density at radius 2 is 1.79 bits per heavy atom. The Labute approximate surface area is 225 Å². The lowest BCUT2D eigenvalue weighted by molar-refractivity contribution is 0.140. The number of fused-ring (bicyclic) bond motifs is 1. The molecule has 1 saturated heterocycles. The molecular weight excluding hydrogens is 478 g/mol. The summed E-state index contributed by atoms with van der Waals surface area (Å²) < 4.78 is 10.1. The maximum atomic E-state index is 10.9. The summed E-state index contributed by atoms with van der Waals surface area (Å²) in [5.41, 5.74) is 5.38. The number of benzene rings is 2. The van der Waals surface area contributed by atoms with Gasteiger partial charge < -0.3 is 19.7 Å². The van der Waals surface area contributed by atoms with Crippen molar-refractivity contribution < 1.29 is 15.7 Å².